The van der Waals surface area contributed by atoms with Gasteiger partial charge in [0.15, 0.2) is 0 Å². The van der Waals surface area contributed by atoms with Gasteiger partial charge < -0.3 is 14.8 Å². The zero-order valence-electron chi connectivity index (χ0n) is 10.8. The maximum atomic E-state index is 6.05. The van der Waals surface area contributed by atoms with Gasteiger partial charge in [0, 0.05) is 18.3 Å². The minimum atomic E-state index is 0.516. The number of nitrogens with one attached hydrogen (secondary N) is 1. The molecule has 2 rings (SSSR count). The van der Waals surface area contributed by atoms with Gasteiger partial charge in [-0.05, 0) is 12.1 Å². The lowest BCUT2D eigenvalue weighted by atomic mass is 10.2. The van der Waals surface area contributed by atoms with E-state index in [4.69, 9.17) is 21.1 Å². The quantitative estimate of drug-likeness (QED) is 0.911. The van der Waals surface area contributed by atoms with Crippen molar-refractivity contribution < 1.29 is 9.47 Å². The highest BCUT2D eigenvalue weighted by molar-refractivity contribution is 6.32. The van der Waals surface area contributed by atoms with Gasteiger partial charge in [-0.15, -0.1) is 0 Å². The fourth-order valence-electron chi connectivity index (χ4n) is 1.69. The molecule has 0 saturated heterocycles. The molecular formula is C14H15ClN2O2. The molecule has 0 unspecified atom stereocenters. The number of ether oxygens (including phenoxy) is 2. The molecule has 0 bridgehead atoms. The molecule has 1 heterocycles. The van der Waals surface area contributed by atoms with Gasteiger partial charge in [-0.3, -0.25) is 4.98 Å². The second-order valence-electron chi connectivity index (χ2n) is 3.86. The molecule has 19 heavy (non-hydrogen) atoms. The molecule has 100 valence electrons. The molecule has 0 aliphatic heterocycles. The average Bonchev–Trinajstić information content (AvgIpc) is 2.46. The number of hydrogen-bond acceptors (Lipinski definition) is 4. The number of halogens is 1. The summed E-state index contributed by atoms with van der Waals surface area (Å²) < 4.78 is 10.5. The van der Waals surface area contributed by atoms with Crippen molar-refractivity contribution in [2.45, 2.75) is 6.54 Å². The summed E-state index contributed by atoms with van der Waals surface area (Å²) in [5.74, 6) is 1.27. The van der Waals surface area contributed by atoms with Crippen molar-refractivity contribution in [3.63, 3.8) is 0 Å². The van der Waals surface area contributed by atoms with E-state index in [0.29, 0.717) is 23.1 Å². The topological polar surface area (TPSA) is 43.4 Å². The fraction of sp³-hybridized carbons (Fsp3) is 0.214. The Balaban J connectivity index is 2.19. The Morgan fingerprint density at radius 3 is 2.58 bits per heavy atom. The summed E-state index contributed by atoms with van der Waals surface area (Å²) in [6.45, 7) is 0.599. The smallest absolute Gasteiger partial charge is 0.143 e. The van der Waals surface area contributed by atoms with E-state index in [1.165, 1.54) is 0 Å². The van der Waals surface area contributed by atoms with Gasteiger partial charge in [-0.25, -0.2) is 0 Å². The van der Waals surface area contributed by atoms with Crippen LogP contribution in [0.25, 0.3) is 0 Å². The Labute approximate surface area is 117 Å². The lowest BCUT2D eigenvalue weighted by molar-refractivity contribution is 0.404. The molecule has 0 radical (unpaired) electrons. The van der Waals surface area contributed by atoms with Crippen LogP contribution in [0.5, 0.6) is 11.5 Å². The molecule has 1 aromatic carbocycles. The summed E-state index contributed by atoms with van der Waals surface area (Å²) in [5.41, 5.74) is 1.76. The second kappa shape index (κ2) is 6.29. The average molecular weight is 279 g/mol. The largest absolute Gasteiger partial charge is 0.495 e. The minimum Gasteiger partial charge on any atom is -0.495 e. The highest BCUT2D eigenvalue weighted by Gasteiger charge is 2.09. The molecule has 0 fully saturated rings. The van der Waals surface area contributed by atoms with Crippen LogP contribution in [0.1, 0.15) is 5.69 Å². The predicted octanol–water partition coefficient (Wildman–Crippen LogP) is 3.36. The SMILES string of the molecule is COc1cc(NCc2ccccn2)c(OC)cc1Cl. The molecule has 0 aliphatic rings. The molecule has 4 nitrogen and oxygen atoms in total. The molecule has 0 spiro atoms. The van der Waals surface area contributed by atoms with Crippen LogP contribution < -0.4 is 14.8 Å². The van der Waals surface area contributed by atoms with E-state index in [9.17, 15) is 0 Å². The first-order chi connectivity index (χ1) is 9.24. The molecule has 0 amide bonds. The third-order valence-electron chi connectivity index (χ3n) is 2.66. The Morgan fingerprint density at radius 1 is 1.16 bits per heavy atom. The van der Waals surface area contributed by atoms with Crippen LogP contribution in [-0.2, 0) is 6.54 Å². The van der Waals surface area contributed by atoms with Gasteiger partial charge in [0.2, 0.25) is 0 Å². The maximum Gasteiger partial charge on any atom is 0.143 e. The summed E-state index contributed by atoms with van der Waals surface area (Å²) in [6, 6.07) is 9.32. The number of rotatable bonds is 5. The number of hydrogen-bond donors (Lipinski definition) is 1. The molecule has 2 aromatic rings. The van der Waals surface area contributed by atoms with Crippen molar-refractivity contribution in [3.05, 3.63) is 47.2 Å². The van der Waals surface area contributed by atoms with Crippen molar-refractivity contribution in [1.82, 2.24) is 4.98 Å². The van der Waals surface area contributed by atoms with E-state index in [0.717, 1.165) is 11.4 Å². The Kier molecular flexibility index (Phi) is 4.47. The number of aromatic nitrogens is 1. The third kappa shape index (κ3) is 3.29. The van der Waals surface area contributed by atoms with Gasteiger partial charge in [0.25, 0.3) is 0 Å². The molecular weight excluding hydrogens is 264 g/mol. The summed E-state index contributed by atoms with van der Waals surface area (Å²) in [7, 11) is 3.18. The van der Waals surface area contributed by atoms with Crippen molar-refractivity contribution in [1.29, 1.82) is 0 Å². The van der Waals surface area contributed by atoms with E-state index in [1.807, 2.05) is 24.3 Å². The highest BCUT2D eigenvalue weighted by atomic mass is 35.5. The predicted molar refractivity (Wildman–Crippen MR) is 76.1 cm³/mol. The first-order valence-electron chi connectivity index (χ1n) is 5.80. The molecule has 1 N–H and O–H groups in total. The standard InChI is InChI=1S/C14H15ClN2O2/c1-18-13-8-12(14(19-2)7-11(13)15)17-9-10-5-3-4-6-16-10/h3-8,17H,9H2,1-2H3. The maximum absolute atomic E-state index is 6.05. The molecule has 0 saturated carbocycles. The van der Waals surface area contributed by atoms with Crippen LogP contribution >= 0.6 is 11.6 Å². The van der Waals surface area contributed by atoms with Crippen LogP contribution in [0, 0.1) is 0 Å². The molecule has 1 aromatic heterocycles. The lowest BCUT2D eigenvalue weighted by Crippen LogP contribution is -2.03. The van der Waals surface area contributed by atoms with Gasteiger partial charge in [0.05, 0.1) is 37.2 Å². The van der Waals surface area contributed by atoms with Crippen molar-refractivity contribution in [2.75, 3.05) is 19.5 Å². The zero-order valence-corrected chi connectivity index (χ0v) is 11.6. The van der Waals surface area contributed by atoms with Crippen molar-refractivity contribution in [3.8, 4) is 11.5 Å². The van der Waals surface area contributed by atoms with E-state index in [-0.39, 0.29) is 0 Å². The number of methoxy groups -OCH3 is 2. The molecule has 0 aliphatic carbocycles. The second-order valence-corrected chi connectivity index (χ2v) is 4.27. The third-order valence-corrected chi connectivity index (χ3v) is 2.96. The molecule has 5 heteroatoms. The van der Waals surface area contributed by atoms with E-state index in [2.05, 4.69) is 10.3 Å². The van der Waals surface area contributed by atoms with E-state index in [1.54, 1.807) is 26.5 Å². The number of pyridine rings is 1. The number of anilines is 1. The van der Waals surface area contributed by atoms with Crippen LogP contribution in [0.15, 0.2) is 36.5 Å². The van der Waals surface area contributed by atoms with Crippen molar-refractivity contribution in [2.24, 2.45) is 0 Å². The Bertz CT molecular complexity index is 547. The fourth-order valence-corrected chi connectivity index (χ4v) is 1.92. The van der Waals surface area contributed by atoms with E-state index < -0.39 is 0 Å². The summed E-state index contributed by atoms with van der Waals surface area (Å²) >= 11 is 6.05. The normalized spacial score (nSPS) is 10.1. The van der Waals surface area contributed by atoms with Gasteiger partial charge in [0.1, 0.15) is 11.5 Å². The van der Waals surface area contributed by atoms with Gasteiger partial charge in [-0.2, -0.15) is 0 Å². The monoisotopic (exact) mass is 278 g/mol. The lowest BCUT2D eigenvalue weighted by Gasteiger charge is -2.13. The van der Waals surface area contributed by atoms with Crippen LogP contribution in [0.3, 0.4) is 0 Å². The number of benzene rings is 1. The highest BCUT2D eigenvalue weighted by Crippen LogP contribution is 2.35. The minimum absolute atomic E-state index is 0.516. The van der Waals surface area contributed by atoms with E-state index >= 15 is 0 Å². The van der Waals surface area contributed by atoms with Crippen molar-refractivity contribution >= 4 is 17.3 Å². The first-order valence-corrected chi connectivity index (χ1v) is 6.17. The van der Waals surface area contributed by atoms with Crippen LogP contribution in [0.4, 0.5) is 5.69 Å². The summed E-state index contributed by atoms with van der Waals surface area (Å²) in [4.78, 5) is 4.25. The Hall–Kier alpha value is -1.94. The summed E-state index contributed by atoms with van der Waals surface area (Å²) in [6.07, 6.45) is 1.76. The van der Waals surface area contributed by atoms with Gasteiger partial charge >= 0.3 is 0 Å². The first kappa shape index (κ1) is 13.5. The Morgan fingerprint density at radius 2 is 1.95 bits per heavy atom. The van der Waals surface area contributed by atoms with Crippen LogP contribution in [-0.4, -0.2) is 19.2 Å². The summed E-state index contributed by atoms with van der Waals surface area (Å²) in [5, 5.41) is 3.77. The molecule has 0 atom stereocenters. The number of nitrogens with zero attached hydrogens (tertiary/aromatic N) is 1. The van der Waals surface area contributed by atoms with Gasteiger partial charge in [-0.1, -0.05) is 17.7 Å². The zero-order chi connectivity index (χ0) is 13.7. The van der Waals surface area contributed by atoms with Crippen LogP contribution in [0.2, 0.25) is 5.02 Å².